The van der Waals surface area contributed by atoms with Gasteiger partial charge in [0.15, 0.2) is 0 Å². The standard InChI is InChI=1S/C56H45NS/c1-2-9-40(10-3-1)49-16-7-11-42-12-8-17-50(55(42)49)41-19-24-46(25-20-41)57(47-26-22-45(23-27-47)56-34-37-29-38(35-56)31-39(30-37)36-56)48-14-6-13-43(32-48)44-21-28-54-52(33-44)51-15-4-5-18-53(51)58-54/h1-28,32-33,37-39H,29-31,34-36H2. The largest absolute Gasteiger partial charge is 0.310 e. The maximum Gasteiger partial charge on any atom is 0.0467 e. The number of fused-ring (bicyclic) bond motifs is 4. The third kappa shape index (κ3) is 5.72. The van der Waals surface area contributed by atoms with Gasteiger partial charge >= 0.3 is 0 Å². The minimum Gasteiger partial charge on any atom is -0.310 e. The fraction of sp³-hybridized carbons (Fsp3) is 0.179. The summed E-state index contributed by atoms with van der Waals surface area (Å²) in [6.45, 7) is 0. The molecule has 0 unspecified atom stereocenters. The van der Waals surface area contributed by atoms with Gasteiger partial charge in [0.1, 0.15) is 0 Å². The molecule has 4 aliphatic carbocycles. The number of hydrogen-bond donors (Lipinski definition) is 0. The number of rotatable bonds is 7. The third-order valence-corrected chi connectivity index (χ3v) is 15.2. The summed E-state index contributed by atoms with van der Waals surface area (Å²) in [7, 11) is 0. The summed E-state index contributed by atoms with van der Waals surface area (Å²) in [4.78, 5) is 2.47. The molecule has 8 aromatic carbocycles. The quantitative estimate of drug-likeness (QED) is 0.156. The van der Waals surface area contributed by atoms with Crippen LogP contribution < -0.4 is 4.90 Å². The average molecular weight is 764 g/mol. The summed E-state index contributed by atoms with van der Waals surface area (Å²) in [6.07, 6.45) is 8.57. The van der Waals surface area contributed by atoms with Crippen molar-refractivity contribution in [1.82, 2.24) is 0 Å². The zero-order chi connectivity index (χ0) is 38.2. The zero-order valence-electron chi connectivity index (χ0n) is 32.7. The minimum absolute atomic E-state index is 0.376. The van der Waals surface area contributed by atoms with Gasteiger partial charge in [-0.15, -0.1) is 11.3 Å². The molecule has 13 rings (SSSR count). The minimum atomic E-state index is 0.376. The molecule has 4 fully saturated rings. The molecule has 0 radical (unpaired) electrons. The molecule has 0 amide bonds. The highest BCUT2D eigenvalue weighted by Gasteiger charge is 2.51. The maximum absolute atomic E-state index is 2.49. The lowest BCUT2D eigenvalue weighted by atomic mass is 9.48. The molecule has 0 spiro atoms. The SMILES string of the molecule is c1ccc(-c2cccc3cccc(-c4ccc(N(c5ccc(C67CC8CC(CC(C8)C6)C7)cc5)c5cccc(-c6ccc7sc8ccccc8c7c6)c5)cc4)c23)cc1. The lowest BCUT2D eigenvalue weighted by Crippen LogP contribution is -2.48. The van der Waals surface area contributed by atoms with E-state index in [1.807, 2.05) is 11.3 Å². The van der Waals surface area contributed by atoms with E-state index in [2.05, 4.69) is 187 Å². The Morgan fingerprint density at radius 3 is 1.67 bits per heavy atom. The van der Waals surface area contributed by atoms with Crippen molar-refractivity contribution in [2.45, 2.75) is 43.9 Å². The summed E-state index contributed by atoms with van der Waals surface area (Å²) in [6, 6.07) is 68.2. The molecule has 4 bridgehead atoms. The van der Waals surface area contributed by atoms with Gasteiger partial charge in [-0.2, -0.15) is 0 Å². The summed E-state index contributed by atoms with van der Waals surface area (Å²) >= 11 is 1.88. The van der Waals surface area contributed by atoms with Crippen LogP contribution in [0.3, 0.4) is 0 Å². The molecular formula is C56H45NS. The summed E-state index contributed by atoms with van der Waals surface area (Å²) < 4.78 is 2.68. The highest BCUT2D eigenvalue weighted by atomic mass is 32.1. The molecule has 280 valence electrons. The van der Waals surface area contributed by atoms with Gasteiger partial charge in [0.2, 0.25) is 0 Å². The van der Waals surface area contributed by atoms with Gasteiger partial charge in [0.05, 0.1) is 0 Å². The average Bonchev–Trinajstić information content (AvgIpc) is 3.65. The Morgan fingerprint density at radius 2 is 0.966 bits per heavy atom. The van der Waals surface area contributed by atoms with Crippen LogP contribution in [0.1, 0.15) is 44.1 Å². The topological polar surface area (TPSA) is 3.24 Å². The predicted octanol–water partition coefficient (Wildman–Crippen LogP) is 16.1. The first-order valence-corrected chi connectivity index (χ1v) is 22.1. The van der Waals surface area contributed by atoms with E-state index >= 15 is 0 Å². The van der Waals surface area contributed by atoms with Gasteiger partial charge in [-0.3, -0.25) is 0 Å². The lowest BCUT2D eigenvalue weighted by Gasteiger charge is -2.57. The molecule has 0 aliphatic heterocycles. The van der Waals surface area contributed by atoms with E-state index in [-0.39, 0.29) is 0 Å². The van der Waals surface area contributed by atoms with Crippen LogP contribution in [0.15, 0.2) is 182 Å². The maximum atomic E-state index is 2.49. The van der Waals surface area contributed by atoms with Crippen LogP contribution in [0.25, 0.3) is 64.3 Å². The molecule has 9 aromatic rings. The molecule has 4 saturated carbocycles. The van der Waals surface area contributed by atoms with Crippen LogP contribution in [0.2, 0.25) is 0 Å². The van der Waals surface area contributed by atoms with Crippen molar-refractivity contribution < 1.29 is 0 Å². The van der Waals surface area contributed by atoms with Gasteiger partial charge < -0.3 is 4.90 Å². The second-order valence-corrected chi connectivity index (χ2v) is 18.6. The zero-order valence-corrected chi connectivity index (χ0v) is 33.5. The Balaban J connectivity index is 0.959. The van der Waals surface area contributed by atoms with Crippen LogP contribution in [0, 0.1) is 17.8 Å². The highest BCUT2D eigenvalue weighted by Crippen LogP contribution is 2.61. The summed E-state index contributed by atoms with van der Waals surface area (Å²) in [5, 5.41) is 5.22. The van der Waals surface area contributed by atoms with Gasteiger partial charge in [0.25, 0.3) is 0 Å². The van der Waals surface area contributed by atoms with Crippen LogP contribution in [0.5, 0.6) is 0 Å². The van der Waals surface area contributed by atoms with Crippen molar-refractivity contribution in [2.24, 2.45) is 17.8 Å². The molecule has 58 heavy (non-hydrogen) atoms. The highest BCUT2D eigenvalue weighted by molar-refractivity contribution is 7.25. The van der Waals surface area contributed by atoms with E-state index in [0.717, 1.165) is 23.4 Å². The van der Waals surface area contributed by atoms with E-state index in [4.69, 9.17) is 0 Å². The van der Waals surface area contributed by atoms with E-state index in [1.165, 1.54) is 114 Å². The molecular weight excluding hydrogens is 719 g/mol. The lowest BCUT2D eigenvalue weighted by molar-refractivity contribution is -0.00518. The fourth-order valence-electron chi connectivity index (χ4n) is 11.8. The van der Waals surface area contributed by atoms with E-state index in [1.54, 1.807) is 5.56 Å². The van der Waals surface area contributed by atoms with Gasteiger partial charge in [-0.05, 0) is 166 Å². The molecule has 2 heteroatoms. The molecule has 1 aromatic heterocycles. The van der Waals surface area contributed by atoms with Crippen LogP contribution in [-0.4, -0.2) is 0 Å². The van der Waals surface area contributed by atoms with Crippen molar-refractivity contribution >= 4 is 59.3 Å². The predicted molar refractivity (Wildman–Crippen MR) is 248 cm³/mol. The van der Waals surface area contributed by atoms with E-state index < -0.39 is 0 Å². The Labute approximate surface area is 345 Å². The normalized spacial score (nSPS) is 20.9. The van der Waals surface area contributed by atoms with Crippen molar-refractivity contribution in [1.29, 1.82) is 0 Å². The Kier molecular flexibility index (Phi) is 7.98. The molecule has 0 atom stereocenters. The Bertz CT molecular complexity index is 2930. The molecule has 0 saturated heterocycles. The third-order valence-electron chi connectivity index (χ3n) is 14.0. The van der Waals surface area contributed by atoms with Gasteiger partial charge in [-0.1, -0.05) is 127 Å². The monoisotopic (exact) mass is 763 g/mol. The van der Waals surface area contributed by atoms with Crippen LogP contribution in [-0.2, 0) is 5.41 Å². The number of benzene rings is 8. The second kappa shape index (κ2) is 13.6. The molecule has 1 heterocycles. The van der Waals surface area contributed by atoms with Crippen molar-refractivity contribution in [3.05, 3.63) is 188 Å². The fourth-order valence-corrected chi connectivity index (χ4v) is 12.9. The Morgan fingerprint density at radius 1 is 0.414 bits per heavy atom. The molecule has 4 aliphatic rings. The summed E-state index contributed by atoms with van der Waals surface area (Å²) in [5.74, 6) is 2.79. The van der Waals surface area contributed by atoms with Crippen LogP contribution >= 0.6 is 11.3 Å². The van der Waals surface area contributed by atoms with Crippen molar-refractivity contribution in [3.8, 4) is 33.4 Å². The van der Waals surface area contributed by atoms with E-state index in [9.17, 15) is 0 Å². The number of anilines is 3. The van der Waals surface area contributed by atoms with Gasteiger partial charge in [-0.25, -0.2) is 0 Å². The van der Waals surface area contributed by atoms with Crippen molar-refractivity contribution in [3.63, 3.8) is 0 Å². The molecule has 0 N–H and O–H groups in total. The first kappa shape index (κ1) is 34.1. The first-order chi connectivity index (χ1) is 28.6. The molecule has 1 nitrogen and oxygen atoms in total. The van der Waals surface area contributed by atoms with Crippen LogP contribution in [0.4, 0.5) is 17.1 Å². The summed E-state index contributed by atoms with van der Waals surface area (Å²) in [5.41, 5.74) is 12.9. The van der Waals surface area contributed by atoms with Crippen molar-refractivity contribution in [2.75, 3.05) is 4.90 Å². The smallest absolute Gasteiger partial charge is 0.0467 e. The Hall–Kier alpha value is -5.96. The first-order valence-electron chi connectivity index (χ1n) is 21.2. The number of thiophene rings is 1. The number of nitrogens with zero attached hydrogens (tertiary/aromatic N) is 1. The number of hydrogen-bond acceptors (Lipinski definition) is 2. The van der Waals surface area contributed by atoms with E-state index in [0.29, 0.717) is 5.41 Å². The van der Waals surface area contributed by atoms with Gasteiger partial charge in [0, 0.05) is 37.2 Å². The second-order valence-electron chi connectivity index (χ2n) is 17.6.